The van der Waals surface area contributed by atoms with Crippen molar-refractivity contribution >= 4 is 29.9 Å². The van der Waals surface area contributed by atoms with Crippen LogP contribution in [0.2, 0.25) is 0 Å². The second-order valence-electron chi connectivity index (χ2n) is 6.99. The van der Waals surface area contributed by atoms with E-state index in [2.05, 4.69) is 17.1 Å². The first-order valence-electron chi connectivity index (χ1n) is 9.84. The van der Waals surface area contributed by atoms with Crippen LogP contribution in [-0.4, -0.2) is 68.6 Å². The number of hydrogen-bond acceptors (Lipinski definition) is 4. The third-order valence-electron chi connectivity index (χ3n) is 4.74. The summed E-state index contributed by atoms with van der Waals surface area (Å²) in [6.45, 7) is 8.34. The number of aliphatic imine (C=N–C) groups is 1. The Morgan fingerprint density at radius 3 is 2.89 bits per heavy atom. The van der Waals surface area contributed by atoms with Crippen LogP contribution in [0.15, 0.2) is 29.3 Å². The minimum atomic E-state index is -0.301. The van der Waals surface area contributed by atoms with Crippen LogP contribution >= 0.6 is 24.0 Å². The van der Waals surface area contributed by atoms with Crippen LogP contribution in [0, 0.1) is 5.82 Å². The lowest BCUT2D eigenvalue weighted by atomic mass is 10.1. The van der Waals surface area contributed by atoms with Gasteiger partial charge in [-0.2, -0.15) is 0 Å². The van der Waals surface area contributed by atoms with Gasteiger partial charge in [0.25, 0.3) is 0 Å². The molecular weight excluding hydrogens is 476 g/mol. The lowest BCUT2D eigenvalue weighted by Gasteiger charge is -2.37. The van der Waals surface area contributed by atoms with Crippen LogP contribution in [0.3, 0.4) is 0 Å². The summed E-state index contributed by atoms with van der Waals surface area (Å²) in [6.07, 6.45) is 2.28. The Kier molecular flexibility index (Phi) is 9.73. The van der Waals surface area contributed by atoms with Gasteiger partial charge in [0.05, 0.1) is 19.3 Å². The average molecular weight is 507 g/mol. The molecule has 0 spiro atoms. The quantitative estimate of drug-likeness (QED) is 0.365. The fraction of sp³-hybridized carbons (Fsp3) is 0.650. The molecule has 28 heavy (non-hydrogen) atoms. The Morgan fingerprint density at radius 1 is 1.36 bits per heavy atom. The molecular formula is C20H31FIN3O3. The summed E-state index contributed by atoms with van der Waals surface area (Å²) < 4.78 is 30.8. The Bertz CT molecular complexity index is 628. The Morgan fingerprint density at radius 2 is 2.18 bits per heavy atom. The minimum Gasteiger partial charge on any atom is -0.489 e. The molecule has 6 nitrogen and oxygen atoms in total. The largest absolute Gasteiger partial charge is 0.489 e. The molecule has 2 aliphatic heterocycles. The molecule has 2 saturated heterocycles. The minimum absolute atomic E-state index is 0. The van der Waals surface area contributed by atoms with Crippen molar-refractivity contribution in [1.82, 2.24) is 10.2 Å². The van der Waals surface area contributed by atoms with Crippen molar-refractivity contribution in [3.63, 3.8) is 0 Å². The number of ether oxygens (including phenoxy) is 3. The molecule has 0 bridgehead atoms. The molecule has 2 fully saturated rings. The van der Waals surface area contributed by atoms with E-state index in [4.69, 9.17) is 19.2 Å². The zero-order chi connectivity index (χ0) is 19.1. The molecule has 8 heteroatoms. The van der Waals surface area contributed by atoms with Gasteiger partial charge in [0.2, 0.25) is 0 Å². The van der Waals surface area contributed by atoms with Gasteiger partial charge in [-0.05, 0) is 38.8 Å². The lowest BCUT2D eigenvalue weighted by Crippen LogP contribution is -2.53. The summed E-state index contributed by atoms with van der Waals surface area (Å²) in [5, 5.41) is 3.36. The zero-order valence-electron chi connectivity index (χ0n) is 16.6. The Hall–Kier alpha value is -1.13. The number of hydrogen-bond donors (Lipinski definition) is 1. The molecule has 1 N–H and O–H groups in total. The van der Waals surface area contributed by atoms with Gasteiger partial charge < -0.3 is 24.4 Å². The number of halogens is 2. The maximum absolute atomic E-state index is 13.3. The van der Waals surface area contributed by atoms with Gasteiger partial charge >= 0.3 is 0 Å². The van der Waals surface area contributed by atoms with Crippen molar-refractivity contribution in [2.24, 2.45) is 4.99 Å². The highest BCUT2D eigenvalue weighted by atomic mass is 127. The smallest absolute Gasteiger partial charge is 0.194 e. The number of guanidine groups is 1. The van der Waals surface area contributed by atoms with Gasteiger partial charge in [0.15, 0.2) is 5.96 Å². The maximum atomic E-state index is 13.3. The van der Waals surface area contributed by atoms with E-state index >= 15 is 0 Å². The molecule has 1 aromatic rings. The number of nitrogens with zero attached hydrogens (tertiary/aromatic N) is 2. The monoisotopic (exact) mass is 507 g/mol. The molecule has 0 amide bonds. The van der Waals surface area contributed by atoms with E-state index in [9.17, 15) is 4.39 Å². The van der Waals surface area contributed by atoms with Crippen LogP contribution in [0.5, 0.6) is 5.75 Å². The van der Waals surface area contributed by atoms with Crippen LogP contribution < -0.4 is 10.1 Å². The topological polar surface area (TPSA) is 55.3 Å². The van der Waals surface area contributed by atoms with E-state index in [0.717, 1.165) is 45.0 Å². The van der Waals surface area contributed by atoms with Crippen molar-refractivity contribution in [1.29, 1.82) is 0 Å². The van der Waals surface area contributed by atoms with Gasteiger partial charge in [-0.3, -0.25) is 0 Å². The van der Waals surface area contributed by atoms with Gasteiger partial charge in [-0.25, -0.2) is 9.38 Å². The van der Waals surface area contributed by atoms with Crippen LogP contribution in [0.1, 0.15) is 26.7 Å². The molecule has 0 radical (unpaired) electrons. The Labute approximate surface area is 183 Å². The summed E-state index contributed by atoms with van der Waals surface area (Å²) in [7, 11) is 0. The predicted octanol–water partition coefficient (Wildman–Crippen LogP) is 3.06. The van der Waals surface area contributed by atoms with Crippen molar-refractivity contribution in [3.05, 3.63) is 30.1 Å². The van der Waals surface area contributed by atoms with E-state index < -0.39 is 0 Å². The normalized spacial score (nSPS) is 23.8. The van der Waals surface area contributed by atoms with Gasteiger partial charge in [0, 0.05) is 32.3 Å². The van der Waals surface area contributed by atoms with Gasteiger partial charge in [-0.1, -0.05) is 6.07 Å². The van der Waals surface area contributed by atoms with E-state index in [-0.39, 0.29) is 48.1 Å². The zero-order valence-corrected chi connectivity index (χ0v) is 18.9. The highest BCUT2D eigenvalue weighted by Crippen LogP contribution is 2.21. The molecule has 2 aliphatic rings. The number of nitrogens with one attached hydrogen (secondary N) is 1. The van der Waals surface area contributed by atoms with Crippen molar-refractivity contribution < 1.29 is 18.6 Å². The first-order valence-corrected chi connectivity index (χ1v) is 9.84. The molecule has 3 unspecified atom stereocenters. The second kappa shape index (κ2) is 11.8. The summed E-state index contributed by atoms with van der Waals surface area (Å²) in [6, 6.07) is 6.19. The molecule has 0 aromatic heterocycles. The molecule has 0 saturated carbocycles. The summed E-state index contributed by atoms with van der Waals surface area (Å²) >= 11 is 0. The number of rotatable bonds is 6. The molecule has 3 atom stereocenters. The fourth-order valence-corrected chi connectivity index (χ4v) is 3.44. The first kappa shape index (κ1) is 23.2. The van der Waals surface area contributed by atoms with E-state index in [1.807, 2.05) is 6.92 Å². The van der Waals surface area contributed by atoms with Crippen LogP contribution in [-0.2, 0) is 9.47 Å². The van der Waals surface area contributed by atoms with Crippen molar-refractivity contribution in [2.45, 2.75) is 45.0 Å². The predicted molar refractivity (Wildman–Crippen MR) is 118 cm³/mol. The third kappa shape index (κ3) is 6.73. The van der Waals surface area contributed by atoms with Crippen LogP contribution in [0.4, 0.5) is 4.39 Å². The van der Waals surface area contributed by atoms with Gasteiger partial charge in [0.1, 0.15) is 23.8 Å². The highest BCUT2D eigenvalue weighted by Gasteiger charge is 2.32. The summed E-state index contributed by atoms with van der Waals surface area (Å²) in [5.41, 5.74) is 0. The fourth-order valence-electron chi connectivity index (χ4n) is 3.44. The summed E-state index contributed by atoms with van der Waals surface area (Å²) in [4.78, 5) is 6.96. The third-order valence-corrected chi connectivity index (χ3v) is 4.74. The molecule has 0 aliphatic carbocycles. The lowest BCUT2D eigenvalue weighted by molar-refractivity contribution is -0.0817. The molecule has 3 rings (SSSR count). The molecule has 2 heterocycles. The number of benzene rings is 1. The molecule has 1 aromatic carbocycles. The maximum Gasteiger partial charge on any atom is 0.194 e. The summed E-state index contributed by atoms with van der Waals surface area (Å²) in [5.74, 6) is 1.08. The Balaban J connectivity index is 0.00000280. The second-order valence-corrected chi connectivity index (χ2v) is 6.99. The highest BCUT2D eigenvalue weighted by molar-refractivity contribution is 14.0. The van der Waals surface area contributed by atoms with Crippen LogP contribution in [0.25, 0.3) is 0 Å². The SMILES string of the molecule is CCNC(=NCC(C)Oc1cccc(F)c1)N1CCOC(C2CCCO2)C1.I. The average Bonchev–Trinajstić information content (AvgIpc) is 3.20. The van der Waals surface area contributed by atoms with E-state index in [1.165, 1.54) is 12.1 Å². The van der Waals surface area contributed by atoms with Crippen molar-refractivity contribution in [2.75, 3.05) is 39.4 Å². The van der Waals surface area contributed by atoms with E-state index in [1.54, 1.807) is 12.1 Å². The van der Waals surface area contributed by atoms with Gasteiger partial charge in [-0.15, -0.1) is 24.0 Å². The first-order chi connectivity index (χ1) is 13.2. The number of morpholine rings is 1. The van der Waals surface area contributed by atoms with Crippen molar-refractivity contribution in [3.8, 4) is 5.75 Å². The van der Waals surface area contributed by atoms with E-state index in [0.29, 0.717) is 18.9 Å². The molecule has 158 valence electrons. The standard InChI is InChI=1S/C20H30FN3O3.HI/c1-3-22-20(23-13-15(2)27-17-7-4-6-16(21)12-17)24-9-11-26-19(14-24)18-8-5-10-25-18;/h4,6-7,12,15,18-19H,3,5,8-11,13-14H2,1-2H3,(H,22,23);1H.